The number of hydrogen-bond donors (Lipinski definition) is 1. The molecule has 2 unspecified atom stereocenters. The molecule has 0 bridgehead atoms. The zero-order valence-electron chi connectivity index (χ0n) is 14.2. The summed E-state index contributed by atoms with van der Waals surface area (Å²) < 4.78 is 4.65. The summed E-state index contributed by atoms with van der Waals surface area (Å²) in [5.74, 6) is 0.346. The first kappa shape index (κ1) is 18.2. The van der Waals surface area contributed by atoms with Crippen LogP contribution >= 0.6 is 9.24 Å². The van der Waals surface area contributed by atoms with Crippen molar-refractivity contribution in [2.75, 3.05) is 13.7 Å². The number of hydrogen-bond acceptors (Lipinski definition) is 3. The second-order valence-electron chi connectivity index (χ2n) is 7.37. The van der Waals surface area contributed by atoms with Gasteiger partial charge in [-0.25, -0.2) is 4.79 Å². The lowest BCUT2D eigenvalue weighted by atomic mass is 9.85. The molecule has 0 radical (unpaired) electrons. The number of carbonyl (C=O) groups is 2. The van der Waals surface area contributed by atoms with Crippen molar-refractivity contribution in [2.45, 2.75) is 58.8 Å². The van der Waals surface area contributed by atoms with Crippen LogP contribution in [0.2, 0.25) is 0 Å². The molecule has 2 amide bonds. The molecule has 21 heavy (non-hydrogen) atoms. The third-order valence-electron chi connectivity index (χ3n) is 4.74. The molecule has 5 nitrogen and oxygen atoms in total. The number of carbonyl (C=O) groups excluding carboxylic acids is 2. The molecular weight excluding hydrogens is 287 g/mol. The Balaban J connectivity index is 3.00. The summed E-state index contributed by atoms with van der Waals surface area (Å²) in [4.78, 5) is 26.4. The first-order valence-electron chi connectivity index (χ1n) is 7.36. The zero-order chi connectivity index (χ0) is 16.6. The van der Waals surface area contributed by atoms with Gasteiger partial charge in [-0.1, -0.05) is 34.6 Å². The normalized spacial score (nSPS) is 31.0. The zero-order valence-corrected chi connectivity index (χ0v) is 15.3. The van der Waals surface area contributed by atoms with Crippen LogP contribution in [0.4, 0.5) is 4.79 Å². The summed E-state index contributed by atoms with van der Waals surface area (Å²) in [6.45, 7) is 12.9. The van der Waals surface area contributed by atoms with E-state index in [-0.39, 0.29) is 22.5 Å². The van der Waals surface area contributed by atoms with E-state index in [1.165, 1.54) is 7.11 Å². The van der Waals surface area contributed by atoms with Crippen molar-refractivity contribution in [1.82, 2.24) is 10.2 Å². The van der Waals surface area contributed by atoms with Gasteiger partial charge in [-0.2, -0.15) is 0 Å². The van der Waals surface area contributed by atoms with Crippen LogP contribution in [0.15, 0.2) is 0 Å². The molecule has 0 aromatic heterocycles. The molecule has 0 saturated carbocycles. The van der Waals surface area contributed by atoms with Crippen LogP contribution in [0.5, 0.6) is 0 Å². The maximum atomic E-state index is 12.9. The topological polar surface area (TPSA) is 58.6 Å². The van der Waals surface area contributed by atoms with Gasteiger partial charge < -0.3 is 15.0 Å². The van der Waals surface area contributed by atoms with Crippen LogP contribution in [0.25, 0.3) is 0 Å². The first-order chi connectivity index (χ1) is 9.42. The smallest absolute Gasteiger partial charge is 0.407 e. The number of rotatable bonds is 2. The van der Waals surface area contributed by atoms with Gasteiger partial charge in [0.25, 0.3) is 0 Å². The minimum Gasteiger partial charge on any atom is -0.453 e. The highest BCUT2D eigenvalue weighted by atomic mass is 31.0. The molecule has 1 rings (SSSR count). The van der Waals surface area contributed by atoms with E-state index >= 15 is 0 Å². The number of methoxy groups -OCH3 is 1. The van der Waals surface area contributed by atoms with Gasteiger partial charge in [0.1, 0.15) is 6.04 Å². The standard InChI is InChI=1S/C15H29N2O3P/c1-9-8-17(10(2)15(9,6)21)12(18)11(14(3,4)5)16-13(19)20-7/h9-11H,8,21H2,1-7H3,(H,16,19)/t9-,10-,11-,15?/m1/s1. The first-order valence-corrected chi connectivity index (χ1v) is 7.94. The Morgan fingerprint density at radius 2 is 1.90 bits per heavy atom. The molecule has 1 saturated heterocycles. The minimum absolute atomic E-state index is 0.0106. The van der Waals surface area contributed by atoms with Crippen molar-refractivity contribution in [1.29, 1.82) is 0 Å². The fourth-order valence-corrected chi connectivity index (χ4v) is 2.95. The van der Waals surface area contributed by atoms with Gasteiger partial charge in [0.2, 0.25) is 5.91 Å². The van der Waals surface area contributed by atoms with E-state index in [0.717, 1.165) is 0 Å². The number of ether oxygens (including phenoxy) is 1. The summed E-state index contributed by atoms with van der Waals surface area (Å²) in [5.41, 5.74) is -0.381. The van der Waals surface area contributed by atoms with Gasteiger partial charge in [0, 0.05) is 17.7 Å². The second-order valence-corrected chi connectivity index (χ2v) is 8.61. The van der Waals surface area contributed by atoms with Crippen LogP contribution in [0.1, 0.15) is 41.5 Å². The van der Waals surface area contributed by atoms with E-state index in [2.05, 4.69) is 40.1 Å². The molecule has 0 spiro atoms. The lowest BCUT2D eigenvalue weighted by Gasteiger charge is -2.36. The molecule has 1 heterocycles. The average Bonchev–Trinajstić information content (AvgIpc) is 2.57. The highest BCUT2D eigenvalue weighted by Crippen LogP contribution is 2.41. The van der Waals surface area contributed by atoms with Crippen LogP contribution in [-0.2, 0) is 9.53 Å². The van der Waals surface area contributed by atoms with E-state index in [9.17, 15) is 9.59 Å². The Hall–Kier alpha value is -0.830. The summed E-state index contributed by atoms with van der Waals surface area (Å²) in [6.07, 6.45) is -0.572. The van der Waals surface area contributed by atoms with Crippen molar-refractivity contribution < 1.29 is 14.3 Å². The largest absolute Gasteiger partial charge is 0.453 e. The number of nitrogens with zero attached hydrogens (tertiary/aromatic N) is 1. The van der Waals surface area contributed by atoms with Crippen molar-refractivity contribution in [3.63, 3.8) is 0 Å². The van der Waals surface area contributed by atoms with E-state index in [1.54, 1.807) is 0 Å². The Kier molecular flexibility index (Phi) is 5.31. The summed E-state index contributed by atoms with van der Waals surface area (Å²) in [5, 5.41) is 2.68. The highest BCUT2D eigenvalue weighted by Gasteiger charge is 2.48. The van der Waals surface area contributed by atoms with Crippen molar-refractivity contribution in [2.24, 2.45) is 11.3 Å². The fourth-order valence-electron chi connectivity index (χ4n) is 2.67. The van der Waals surface area contributed by atoms with Crippen LogP contribution in [-0.4, -0.2) is 47.8 Å². The Morgan fingerprint density at radius 1 is 1.38 bits per heavy atom. The van der Waals surface area contributed by atoms with Gasteiger partial charge >= 0.3 is 6.09 Å². The third-order valence-corrected chi connectivity index (χ3v) is 5.80. The van der Waals surface area contributed by atoms with Gasteiger partial charge in [-0.05, 0) is 18.3 Å². The maximum Gasteiger partial charge on any atom is 0.407 e. The number of amides is 2. The molecule has 1 N–H and O–H groups in total. The van der Waals surface area contributed by atoms with Crippen molar-refractivity contribution in [3.8, 4) is 0 Å². The maximum absolute atomic E-state index is 12.9. The molecule has 1 aliphatic heterocycles. The number of likely N-dealkylation sites (tertiary alicyclic amines) is 1. The molecule has 0 aromatic rings. The molecular formula is C15H29N2O3P. The Bertz CT molecular complexity index is 418. The summed E-state index contributed by atoms with van der Waals surface area (Å²) in [6, 6.07) is -0.493. The molecule has 5 atom stereocenters. The van der Waals surface area contributed by atoms with Crippen molar-refractivity contribution in [3.05, 3.63) is 0 Å². The summed E-state index contributed by atoms with van der Waals surface area (Å²) >= 11 is 0. The van der Waals surface area contributed by atoms with Crippen LogP contribution < -0.4 is 5.32 Å². The molecule has 0 aliphatic carbocycles. The number of alkyl carbamates (subject to hydrolysis) is 1. The predicted molar refractivity (Wildman–Crippen MR) is 87.2 cm³/mol. The molecule has 6 heteroatoms. The van der Waals surface area contributed by atoms with Crippen LogP contribution in [0.3, 0.4) is 0 Å². The molecule has 0 aromatic carbocycles. The third kappa shape index (κ3) is 3.68. The summed E-state index contributed by atoms with van der Waals surface area (Å²) in [7, 11) is 4.18. The van der Waals surface area contributed by atoms with Gasteiger partial charge in [0.15, 0.2) is 0 Å². The lowest BCUT2D eigenvalue weighted by molar-refractivity contribution is -0.136. The van der Waals surface area contributed by atoms with Gasteiger partial charge in [0.05, 0.1) is 7.11 Å². The minimum atomic E-state index is -0.599. The monoisotopic (exact) mass is 316 g/mol. The van der Waals surface area contributed by atoms with Gasteiger partial charge in [-0.3, -0.25) is 4.79 Å². The fraction of sp³-hybridized carbons (Fsp3) is 0.867. The van der Waals surface area contributed by atoms with E-state index in [0.29, 0.717) is 12.5 Å². The van der Waals surface area contributed by atoms with E-state index < -0.39 is 12.1 Å². The van der Waals surface area contributed by atoms with Crippen LogP contribution in [0, 0.1) is 11.3 Å². The molecule has 1 fully saturated rings. The Morgan fingerprint density at radius 3 is 2.24 bits per heavy atom. The lowest BCUT2D eigenvalue weighted by Crippen LogP contribution is -2.56. The molecule has 1 aliphatic rings. The second kappa shape index (κ2) is 6.12. The number of nitrogens with one attached hydrogen (secondary N) is 1. The SMILES string of the molecule is COC(=O)N[C@H](C(=O)N1C[C@@H](C)C(C)(P)[C@H]1C)C(C)(C)C. The van der Waals surface area contributed by atoms with Crippen molar-refractivity contribution >= 4 is 21.2 Å². The molecule has 122 valence electrons. The highest BCUT2D eigenvalue weighted by molar-refractivity contribution is 7.19. The Labute approximate surface area is 130 Å². The predicted octanol–water partition coefficient (Wildman–Crippen LogP) is 2.26. The quantitative estimate of drug-likeness (QED) is 0.795. The van der Waals surface area contributed by atoms with E-state index in [1.807, 2.05) is 25.7 Å². The average molecular weight is 316 g/mol. The van der Waals surface area contributed by atoms with Gasteiger partial charge in [-0.15, -0.1) is 9.24 Å². The van der Waals surface area contributed by atoms with E-state index in [4.69, 9.17) is 0 Å².